The minimum absolute atomic E-state index is 0.135. The van der Waals surface area contributed by atoms with Gasteiger partial charge in [0.2, 0.25) is 5.91 Å². The number of aromatic hydroxyl groups is 2. The summed E-state index contributed by atoms with van der Waals surface area (Å²) in [6, 6.07) is 9.87. The summed E-state index contributed by atoms with van der Waals surface area (Å²) in [6.07, 6.45) is 1.81. The molecule has 0 spiro atoms. The highest BCUT2D eigenvalue weighted by molar-refractivity contribution is 5.98. The summed E-state index contributed by atoms with van der Waals surface area (Å²) in [5.74, 6) is -2.26. The van der Waals surface area contributed by atoms with E-state index in [4.69, 9.17) is 15.2 Å². The molecule has 1 fully saturated rings. The lowest BCUT2D eigenvalue weighted by atomic mass is 9.78. The number of anilines is 1. The average molecular weight is 674 g/mol. The average Bonchev–Trinajstić information content (AvgIpc) is 3.06. The van der Waals surface area contributed by atoms with Gasteiger partial charge >= 0.3 is 5.97 Å². The number of carbonyl (C=O) groups excluding carboxylic acids is 3. The number of benzene rings is 2. The molecule has 0 aliphatic heterocycles. The Hall–Kier alpha value is -3.91. The fourth-order valence-corrected chi connectivity index (χ4v) is 5.57. The highest BCUT2D eigenvalue weighted by atomic mass is 16.6. The topological polar surface area (TPSA) is 221 Å². The van der Waals surface area contributed by atoms with Crippen LogP contribution in [-0.4, -0.2) is 86.4 Å². The second-order valence-electron chi connectivity index (χ2n) is 12.4. The zero-order chi connectivity index (χ0) is 35.1. The molecule has 2 unspecified atom stereocenters. The zero-order valence-corrected chi connectivity index (χ0v) is 27.6. The number of amides is 2. The van der Waals surface area contributed by atoms with Gasteiger partial charge in [0, 0.05) is 24.9 Å². The molecule has 0 heterocycles. The van der Waals surface area contributed by atoms with Crippen LogP contribution in [0.1, 0.15) is 83.1 Å². The number of nitrogens with one attached hydrogen (secondary N) is 2. The number of unbranched alkanes of at least 4 members (excludes halogenated alkanes) is 5. The van der Waals surface area contributed by atoms with Gasteiger partial charge in [-0.1, -0.05) is 45.1 Å². The Balaban J connectivity index is 1.56. The maximum absolute atomic E-state index is 13.4. The van der Waals surface area contributed by atoms with Crippen molar-refractivity contribution in [2.45, 2.75) is 114 Å². The van der Waals surface area contributed by atoms with E-state index in [1.165, 1.54) is 43.9 Å². The number of phenolic OH excluding ortho intramolecular Hbond substituents is 2. The third-order valence-electron chi connectivity index (χ3n) is 8.43. The van der Waals surface area contributed by atoms with Crippen LogP contribution in [0.5, 0.6) is 17.2 Å². The van der Waals surface area contributed by atoms with Gasteiger partial charge < -0.3 is 51.4 Å². The molecular weight excluding hydrogens is 622 g/mol. The number of hydrogen-bond donors (Lipinski definition) is 8. The van der Waals surface area contributed by atoms with Crippen LogP contribution in [0.2, 0.25) is 0 Å². The summed E-state index contributed by atoms with van der Waals surface area (Å²) in [5.41, 5.74) is 4.41. The standard InChI is InChI=1S/C35H51N3O10/c1-2-3-4-5-6-7-19-47-25-14-12-24(13-15-25)37-33(44)26(9-8-18-36)38-34(45)35(46)21-29(41)32(43)30(22-35)48-31(42)17-11-23-10-16-27(39)28(40)20-23/h10,12-16,20,26,29-30,32,39-41,43,46H,2-9,11,17-19,21-22,36H2,1H3,(H,37,44)(H,38,45)/t26?,29-,30-,32?,35+/m1/s1. The molecule has 1 aliphatic rings. The van der Waals surface area contributed by atoms with Gasteiger partial charge in [-0.25, -0.2) is 0 Å². The van der Waals surface area contributed by atoms with Crippen molar-refractivity contribution >= 4 is 23.5 Å². The molecule has 2 aromatic carbocycles. The minimum Gasteiger partial charge on any atom is -0.504 e. The van der Waals surface area contributed by atoms with Crippen LogP contribution in [0.25, 0.3) is 0 Å². The molecule has 266 valence electrons. The number of aryl methyl sites for hydroxylation is 1. The first-order chi connectivity index (χ1) is 22.9. The Bertz CT molecular complexity index is 1320. The SMILES string of the molecule is CCCCCCCCOc1ccc(NC(=O)C(CCCN)NC(=O)[C@]2(O)C[C@@H](O)C(O)[C@H](OC(=O)CCc3ccc(O)c(O)c3)C2)cc1. The number of nitrogens with two attached hydrogens (primary N) is 1. The van der Waals surface area contributed by atoms with E-state index in [0.29, 0.717) is 30.0 Å². The fraction of sp³-hybridized carbons (Fsp3) is 0.571. The molecule has 0 aromatic heterocycles. The molecule has 2 aromatic rings. The highest BCUT2D eigenvalue weighted by Gasteiger charge is 2.50. The molecule has 48 heavy (non-hydrogen) atoms. The van der Waals surface area contributed by atoms with E-state index in [-0.39, 0.29) is 37.3 Å². The number of carbonyl (C=O) groups is 3. The van der Waals surface area contributed by atoms with Crippen molar-refractivity contribution < 1.29 is 49.4 Å². The van der Waals surface area contributed by atoms with Crippen molar-refractivity contribution in [3.8, 4) is 17.2 Å². The largest absolute Gasteiger partial charge is 0.504 e. The first kappa shape index (κ1) is 38.5. The van der Waals surface area contributed by atoms with E-state index in [0.717, 1.165) is 12.8 Å². The van der Waals surface area contributed by atoms with Crippen LogP contribution >= 0.6 is 0 Å². The lowest BCUT2D eigenvalue weighted by molar-refractivity contribution is -0.190. The molecule has 0 radical (unpaired) electrons. The van der Waals surface area contributed by atoms with Crippen LogP contribution < -0.4 is 21.1 Å². The van der Waals surface area contributed by atoms with Crippen molar-refractivity contribution in [3.05, 3.63) is 48.0 Å². The zero-order valence-electron chi connectivity index (χ0n) is 27.6. The van der Waals surface area contributed by atoms with Gasteiger partial charge in [-0.3, -0.25) is 14.4 Å². The van der Waals surface area contributed by atoms with Gasteiger partial charge in [-0.15, -0.1) is 0 Å². The summed E-state index contributed by atoms with van der Waals surface area (Å²) in [7, 11) is 0. The molecule has 5 atom stereocenters. The van der Waals surface area contributed by atoms with E-state index in [1.54, 1.807) is 24.3 Å². The fourth-order valence-electron chi connectivity index (χ4n) is 5.57. The number of esters is 1. The number of ether oxygens (including phenoxy) is 2. The molecule has 13 heteroatoms. The molecule has 0 bridgehead atoms. The smallest absolute Gasteiger partial charge is 0.306 e. The van der Waals surface area contributed by atoms with Crippen LogP contribution in [0.3, 0.4) is 0 Å². The lowest BCUT2D eigenvalue weighted by Crippen LogP contribution is -2.61. The van der Waals surface area contributed by atoms with Crippen molar-refractivity contribution in [1.82, 2.24) is 5.32 Å². The monoisotopic (exact) mass is 673 g/mol. The molecule has 13 nitrogen and oxygen atoms in total. The first-order valence-corrected chi connectivity index (χ1v) is 16.8. The van der Waals surface area contributed by atoms with E-state index < -0.39 is 60.6 Å². The Labute approximate surface area is 281 Å². The Morgan fingerprint density at radius 2 is 1.67 bits per heavy atom. The second-order valence-corrected chi connectivity index (χ2v) is 12.4. The van der Waals surface area contributed by atoms with Crippen molar-refractivity contribution in [2.24, 2.45) is 5.73 Å². The van der Waals surface area contributed by atoms with Crippen LogP contribution in [0, 0.1) is 0 Å². The molecule has 9 N–H and O–H groups in total. The van der Waals surface area contributed by atoms with Gasteiger partial charge in [0.1, 0.15) is 29.6 Å². The van der Waals surface area contributed by atoms with Crippen LogP contribution in [-0.2, 0) is 25.5 Å². The van der Waals surface area contributed by atoms with Gasteiger partial charge in [0.05, 0.1) is 12.7 Å². The number of phenols is 2. The summed E-state index contributed by atoms with van der Waals surface area (Å²) in [4.78, 5) is 39.2. The molecular formula is C35H51N3O10. The minimum atomic E-state index is -2.26. The van der Waals surface area contributed by atoms with E-state index >= 15 is 0 Å². The maximum Gasteiger partial charge on any atom is 0.306 e. The van der Waals surface area contributed by atoms with Crippen LogP contribution in [0.4, 0.5) is 5.69 Å². The molecule has 3 rings (SSSR count). The third-order valence-corrected chi connectivity index (χ3v) is 8.43. The summed E-state index contributed by atoms with van der Waals surface area (Å²) in [6.45, 7) is 3.04. The van der Waals surface area contributed by atoms with Crippen molar-refractivity contribution in [1.29, 1.82) is 0 Å². The van der Waals surface area contributed by atoms with E-state index in [1.807, 2.05) is 0 Å². The summed E-state index contributed by atoms with van der Waals surface area (Å²) < 4.78 is 11.1. The predicted octanol–water partition coefficient (Wildman–Crippen LogP) is 2.79. The number of aliphatic hydroxyl groups excluding tert-OH is 2. The molecule has 0 saturated heterocycles. The predicted molar refractivity (Wildman–Crippen MR) is 178 cm³/mol. The molecule has 1 saturated carbocycles. The van der Waals surface area contributed by atoms with Crippen molar-refractivity contribution in [3.63, 3.8) is 0 Å². The summed E-state index contributed by atoms with van der Waals surface area (Å²) in [5, 5.41) is 56.7. The lowest BCUT2D eigenvalue weighted by Gasteiger charge is -2.41. The van der Waals surface area contributed by atoms with Gasteiger partial charge in [-0.05, 0) is 74.2 Å². The number of rotatable bonds is 19. The number of hydrogen-bond acceptors (Lipinski definition) is 11. The normalized spacial score (nSPS) is 21.2. The maximum atomic E-state index is 13.4. The second kappa shape index (κ2) is 19.2. The first-order valence-electron chi connectivity index (χ1n) is 16.8. The molecule has 1 aliphatic carbocycles. The van der Waals surface area contributed by atoms with E-state index in [9.17, 15) is 39.9 Å². The summed E-state index contributed by atoms with van der Waals surface area (Å²) >= 11 is 0. The quantitative estimate of drug-likeness (QED) is 0.0615. The van der Waals surface area contributed by atoms with Crippen molar-refractivity contribution in [2.75, 3.05) is 18.5 Å². The third kappa shape index (κ3) is 12.0. The Morgan fingerprint density at radius 1 is 0.958 bits per heavy atom. The van der Waals surface area contributed by atoms with Crippen LogP contribution in [0.15, 0.2) is 42.5 Å². The van der Waals surface area contributed by atoms with E-state index in [2.05, 4.69) is 17.6 Å². The Morgan fingerprint density at radius 3 is 2.35 bits per heavy atom. The van der Waals surface area contributed by atoms with Gasteiger partial charge in [0.15, 0.2) is 11.5 Å². The van der Waals surface area contributed by atoms with Gasteiger partial charge in [0.25, 0.3) is 5.91 Å². The Kier molecular flexibility index (Phi) is 15.4. The number of aliphatic hydroxyl groups is 3. The molecule has 2 amide bonds. The highest BCUT2D eigenvalue weighted by Crippen LogP contribution is 2.32. The van der Waals surface area contributed by atoms with Gasteiger partial charge in [-0.2, -0.15) is 0 Å².